The van der Waals surface area contributed by atoms with Gasteiger partial charge in [-0.1, -0.05) is 12.1 Å². The molecule has 1 fully saturated rings. The number of amides is 2. The van der Waals surface area contributed by atoms with E-state index in [9.17, 15) is 9.59 Å². The summed E-state index contributed by atoms with van der Waals surface area (Å²) in [4.78, 5) is 37.9. The van der Waals surface area contributed by atoms with Crippen LogP contribution in [0.5, 0.6) is 0 Å². The summed E-state index contributed by atoms with van der Waals surface area (Å²) in [7, 11) is 1.74. The van der Waals surface area contributed by atoms with Gasteiger partial charge in [0.15, 0.2) is 0 Å². The zero-order valence-electron chi connectivity index (χ0n) is 16.6. The number of piperidine rings is 1. The van der Waals surface area contributed by atoms with Crippen molar-refractivity contribution < 1.29 is 9.59 Å². The third kappa shape index (κ3) is 4.13. The Balaban J connectivity index is 1.59. The number of hydrogen-bond acceptors (Lipinski definition) is 4. The Hall–Kier alpha value is -3.22. The molecule has 4 rings (SSSR count). The minimum absolute atomic E-state index is 0.107. The molecule has 1 aliphatic rings. The van der Waals surface area contributed by atoms with Crippen molar-refractivity contribution in [1.82, 2.24) is 24.3 Å². The van der Waals surface area contributed by atoms with Gasteiger partial charge in [-0.2, -0.15) is 0 Å². The van der Waals surface area contributed by atoms with Crippen molar-refractivity contribution in [3.63, 3.8) is 0 Å². The van der Waals surface area contributed by atoms with Gasteiger partial charge in [-0.25, -0.2) is 4.98 Å². The molecule has 0 bridgehead atoms. The Kier molecular flexibility index (Phi) is 5.55. The zero-order chi connectivity index (χ0) is 20.2. The van der Waals surface area contributed by atoms with Crippen LogP contribution in [0, 0.1) is 0 Å². The number of carbonyl (C=O) groups is 2. The second-order valence-corrected chi connectivity index (χ2v) is 7.45. The van der Waals surface area contributed by atoms with Crippen LogP contribution >= 0.6 is 0 Å². The standard InChI is InChI=1S/C22H25N5O2/c1-25(22(29)17-8-7-11-23-14-17)15-20-24-18-9-3-4-10-19(18)27(20)16-21(28)26-12-5-2-6-13-26/h3-4,7-11,14H,2,5-6,12-13,15-16H2,1H3. The normalized spacial score (nSPS) is 14.2. The number of para-hydroxylation sites is 2. The molecule has 0 unspecified atom stereocenters. The molecule has 7 nitrogen and oxygen atoms in total. The molecule has 0 saturated carbocycles. The van der Waals surface area contributed by atoms with Gasteiger partial charge in [-0.3, -0.25) is 14.6 Å². The highest BCUT2D eigenvalue weighted by atomic mass is 16.2. The lowest BCUT2D eigenvalue weighted by Gasteiger charge is -2.27. The first kappa shape index (κ1) is 19.1. The highest BCUT2D eigenvalue weighted by Crippen LogP contribution is 2.19. The predicted octanol–water partition coefficient (Wildman–Crippen LogP) is 2.72. The molecule has 7 heteroatoms. The minimum Gasteiger partial charge on any atom is -0.341 e. The summed E-state index contributed by atoms with van der Waals surface area (Å²) >= 11 is 0. The summed E-state index contributed by atoms with van der Waals surface area (Å²) in [6.45, 7) is 2.20. The van der Waals surface area contributed by atoms with E-state index in [4.69, 9.17) is 4.98 Å². The van der Waals surface area contributed by atoms with E-state index in [1.54, 1.807) is 36.5 Å². The molecule has 150 valence electrons. The van der Waals surface area contributed by atoms with E-state index < -0.39 is 0 Å². The van der Waals surface area contributed by atoms with Gasteiger partial charge in [-0.15, -0.1) is 0 Å². The van der Waals surface area contributed by atoms with Crippen molar-refractivity contribution in [1.29, 1.82) is 0 Å². The van der Waals surface area contributed by atoms with Gasteiger partial charge in [0, 0.05) is 32.5 Å². The van der Waals surface area contributed by atoms with Gasteiger partial charge >= 0.3 is 0 Å². The summed E-state index contributed by atoms with van der Waals surface area (Å²) in [5.41, 5.74) is 2.27. The molecule has 0 N–H and O–H groups in total. The van der Waals surface area contributed by atoms with E-state index in [0.29, 0.717) is 17.9 Å². The second-order valence-electron chi connectivity index (χ2n) is 7.45. The van der Waals surface area contributed by atoms with E-state index >= 15 is 0 Å². The molecule has 2 amide bonds. The van der Waals surface area contributed by atoms with Crippen LogP contribution in [0.25, 0.3) is 11.0 Å². The summed E-state index contributed by atoms with van der Waals surface area (Å²) in [6, 6.07) is 11.3. The first-order chi connectivity index (χ1) is 14.1. The summed E-state index contributed by atoms with van der Waals surface area (Å²) in [5, 5.41) is 0. The number of likely N-dealkylation sites (tertiary alicyclic amines) is 1. The fourth-order valence-electron chi connectivity index (χ4n) is 3.79. The number of carbonyl (C=O) groups excluding carboxylic acids is 2. The SMILES string of the molecule is CN(Cc1nc2ccccc2n1CC(=O)N1CCCCC1)C(=O)c1cccnc1. The number of benzene rings is 1. The van der Waals surface area contributed by atoms with Crippen molar-refractivity contribution in [3.05, 3.63) is 60.2 Å². The number of imidazole rings is 1. The summed E-state index contributed by atoms with van der Waals surface area (Å²) < 4.78 is 1.94. The van der Waals surface area contributed by atoms with Crippen molar-refractivity contribution in [2.75, 3.05) is 20.1 Å². The Bertz CT molecular complexity index is 1010. The second kappa shape index (κ2) is 8.43. The Morgan fingerprint density at radius 3 is 2.62 bits per heavy atom. The van der Waals surface area contributed by atoms with Crippen LogP contribution in [0.2, 0.25) is 0 Å². The maximum atomic E-state index is 12.9. The van der Waals surface area contributed by atoms with E-state index in [0.717, 1.165) is 37.0 Å². The van der Waals surface area contributed by atoms with E-state index in [1.807, 2.05) is 33.7 Å². The molecule has 3 heterocycles. The van der Waals surface area contributed by atoms with Gasteiger partial charge in [0.1, 0.15) is 12.4 Å². The maximum Gasteiger partial charge on any atom is 0.255 e. The molecule has 0 atom stereocenters. The fourth-order valence-corrected chi connectivity index (χ4v) is 3.79. The van der Waals surface area contributed by atoms with Crippen LogP contribution in [-0.2, 0) is 17.9 Å². The molecule has 1 saturated heterocycles. The van der Waals surface area contributed by atoms with Crippen molar-refractivity contribution in [2.24, 2.45) is 0 Å². The quantitative estimate of drug-likeness (QED) is 0.670. The van der Waals surface area contributed by atoms with Gasteiger partial charge in [0.05, 0.1) is 23.1 Å². The lowest BCUT2D eigenvalue weighted by Crippen LogP contribution is -2.38. The average Bonchev–Trinajstić information content (AvgIpc) is 3.11. The van der Waals surface area contributed by atoms with Crippen LogP contribution in [0.1, 0.15) is 35.4 Å². The number of fused-ring (bicyclic) bond motifs is 1. The fraction of sp³-hybridized carbons (Fsp3) is 0.364. The molecular formula is C22H25N5O2. The van der Waals surface area contributed by atoms with Crippen molar-refractivity contribution in [3.8, 4) is 0 Å². The third-order valence-electron chi connectivity index (χ3n) is 5.37. The molecule has 1 aliphatic heterocycles. The number of pyridine rings is 1. The number of nitrogens with zero attached hydrogens (tertiary/aromatic N) is 5. The molecular weight excluding hydrogens is 366 g/mol. The highest BCUT2D eigenvalue weighted by molar-refractivity contribution is 5.93. The molecule has 1 aromatic carbocycles. The smallest absolute Gasteiger partial charge is 0.255 e. The summed E-state index contributed by atoms with van der Waals surface area (Å²) in [5.74, 6) is 0.686. The monoisotopic (exact) mass is 391 g/mol. The van der Waals surface area contributed by atoms with Gasteiger partial charge in [0.2, 0.25) is 5.91 Å². The van der Waals surface area contributed by atoms with E-state index in [2.05, 4.69) is 4.98 Å². The first-order valence-corrected chi connectivity index (χ1v) is 10.0. The topological polar surface area (TPSA) is 71.3 Å². The molecule has 29 heavy (non-hydrogen) atoms. The maximum absolute atomic E-state index is 12.9. The average molecular weight is 391 g/mol. The van der Waals surface area contributed by atoms with Crippen LogP contribution in [0.4, 0.5) is 0 Å². The molecule has 0 aliphatic carbocycles. The lowest BCUT2D eigenvalue weighted by atomic mass is 10.1. The van der Waals surface area contributed by atoms with E-state index in [-0.39, 0.29) is 18.4 Å². The Morgan fingerprint density at radius 2 is 1.86 bits per heavy atom. The van der Waals surface area contributed by atoms with Gasteiger partial charge < -0.3 is 14.4 Å². The van der Waals surface area contributed by atoms with Gasteiger partial charge in [-0.05, 0) is 43.5 Å². The Labute approximate surface area is 170 Å². The largest absolute Gasteiger partial charge is 0.341 e. The van der Waals surface area contributed by atoms with Crippen LogP contribution in [0.3, 0.4) is 0 Å². The zero-order valence-corrected chi connectivity index (χ0v) is 16.6. The molecule has 2 aromatic heterocycles. The van der Waals surface area contributed by atoms with E-state index in [1.165, 1.54) is 6.42 Å². The molecule has 3 aromatic rings. The van der Waals surface area contributed by atoms with Gasteiger partial charge in [0.25, 0.3) is 5.91 Å². The minimum atomic E-state index is -0.126. The number of hydrogen-bond donors (Lipinski definition) is 0. The Morgan fingerprint density at radius 1 is 1.07 bits per heavy atom. The molecule has 0 radical (unpaired) electrons. The van der Waals surface area contributed by atoms with Crippen molar-refractivity contribution >= 4 is 22.8 Å². The van der Waals surface area contributed by atoms with Crippen LogP contribution < -0.4 is 0 Å². The van der Waals surface area contributed by atoms with Crippen LogP contribution in [-0.4, -0.2) is 56.3 Å². The number of rotatable bonds is 5. The third-order valence-corrected chi connectivity index (χ3v) is 5.37. The lowest BCUT2D eigenvalue weighted by molar-refractivity contribution is -0.132. The molecule has 0 spiro atoms. The highest BCUT2D eigenvalue weighted by Gasteiger charge is 2.21. The number of aromatic nitrogens is 3. The predicted molar refractivity (Wildman–Crippen MR) is 110 cm³/mol. The van der Waals surface area contributed by atoms with Crippen molar-refractivity contribution in [2.45, 2.75) is 32.4 Å². The summed E-state index contributed by atoms with van der Waals surface area (Å²) in [6.07, 6.45) is 6.51. The van der Waals surface area contributed by atoms with Crippen LogP contribution in [0.15, 0.2) is 48.8 Å². The first-order valence-electron chi connectivity index (χ1n) is 10.0.